The standard InChI is InChI=1S/C16H22N2O3/c1-4-16(2,3)17-14(19)10-18-8-12-6-5-11(15(20)21)7-13(12)9-18/h5-7H,4,8-10H2,1-3H3,(H,17,19)(H,20,21). The Bertz CT molecular complexity index is 567. The topological polar surface area (TPSA) is 69.6 Å². The molecule has 0 fully saturated rings. The van der Waals surface area contributed by atoms with Gasteiger partial charge >= 0.3 is 5.97 Å². The Morgan fingerprint density at radius 1 is 1.29 bits per heavy atom. The number of benzene rings is 1. The lowest BCUT2D eigenvalue weighted by Gasteiger charge is -2.26. The van der Waals surface area contributed by atoms with Gasteiger partial charge < -0.3 is 10.4 Å². The molecular formula is C16H22N2O3. The van der Waals surface area contributed by atoms with E-state index in [1.54, 1.807) is 12.1 Å². The summed E-state index contributed by atoms with van der Waals surface area (Å²) in [4.78, 5) is 25.1. The average molecular weight is 290 g/mol. The number of carboxylic acid groups (broad SMARTS) is 1. The van der Waals surface area contributed by atoms with E-state index in [4.69, 9.17) is 5.11 Å². The molecule has 114 valence electrons. The monoisotopic (exact) mass is 290 g/mol. The van der Waals surface area contributed by atoms with Crippen LogP contribution in [-0.2, 0) is 17.9 Å². The maximum atomic E-state index is 12.1. The second kappa shape index (κ2) is 5.85. The molecule has 1 aromatic carbocycles. The van der Waals surface area contributed by atoms with Crippen LogP contribution in [0.25, 0.3) is 0 Å². The summed E-state index contributed by atoms with van der Waals surface area (Å²) < 4.78 is 0. The predicted molar refractivity (Wildman–Crippen MR) is 80.0 cm³/mol. The fourth-order valence-corrected chi connectivity index (χ4v) is 2.42. The number of rotatable bonds is 5. The van der Waals surface area contributed by atoms with Gasteiger partial charge in [0.2, 0.25) is 5.91 Å². The molecule has 0 radical (unpaired) electrons. The first-order valence-corrected chi connectivity index (χ1v) is 7.19. The number of carbonyl (C=O) groups excluding carboxylic acids is 1. The predicted octanol–water partition coefficient (Wildman–Crippen LogP) is 2.01. The molecule has 0 atom stereocenters. The van der Waals surface area contributed by atoms with E-state index in [0.717, 1.165) is 17.5 Å². The average Bonchev–Trinajstić information content (AvgIpc) is 2.78. The molecule has 1 aliphatic heterocycles. The summed E-state index contributed by atoms with van der Waals surface area (Å²) in [6.07, 6.45) is 0.876. The molecule has 0 unspecified atom stereocenters. The van der Waals surface area contributed by atoms with Crippen LogP contribution in [0.1, 0.15) is 48.7 Å². The van der Waals surface area contributed by atoms with Gasteiger partial charge in [-0.1, -0.05) is 13.0 Å². The normalized spacial score (nSPS) is 14.8. The fraction of sp³-hybridized carbons (Fsp3) is 0.500. The summed E-state index contributed by atoms with van der Waals surface area (Å²) in [6.45, 7) is 7.69. The molecule has 1 aromatic rings. The van der Waals surface area contributed by atoms with Gasteiger partial charge in [0, 0.05) is 18.6 Å². The lowest BCUT2D eigenvalue weighted by Crippen LogP contribution is -2.46. The minimum atomic E-state index is -0.918. The number of hydrogen-bond donors (Lipinski definition) is 2. The van der Waals surface area contributed by atoms with Gasteiger partial charge in [0.15, 0.2) is 0 Å². The van der Waals surface area contributed by atoms with Crippen LogP contribution in [0.4, 0.5) is 0 Å². The third-order valence-corrected chi connectivity index (χ3v) is 3.97. The van der Waals surface area contributed by atoms with Gasteiger partial charge in [-0.15, -0.1) is 0 Å². The maximum absolute atomic E-state index is 12.1. The van der Waals surface area contributed by atoms with Gasteiger partial charge in [-0.3, -0.25) is 9.69 Å². The zero-order valence-corrected chi connectivity index (χ0v) is 12.8. The van der Waals surface area contributed by atoms with E-state index < -0.39 is 5.97 Å². The number of aromatic carboxylic acids is 1. The Labute approximate surface area is 125 Å². The number of carboxylic acids is 1. The SMILES string of the molecule is CCC(C)(C)NC(=O)CN1Cc2ccc(C(=O)O)cc2C1. The van der Waals surface area contributed by atoms with Crippen LogP contribution < -0.4 is 5.32 Å². The Kier molecular flexibility index (Phi) is 4.32. The second-order valence-electron chi connectivity index (χ2n) is 6.22. The van der Waals surface area contributed by atoms with Gasteiger partial charge in [0.1, 0.15) is 0 Å². The van der Waals surface area contributed by atoms with Crippen molar-refractivity contribution in [3.63, 3.8) is 0 Å². The molecule has 5 nitrogen and oxygen atoms in total. The van der Waals surface area contributed by atoms with Crippen molar-refractivity contribution in [3.05, 3.63) is 34.9 Å². The van der Waals surface area contributed by atoms with E-state index in [-0.39, 0.29) is 11.4 Å². The Hall–Kier alpha value is -1.88. The molecule has 0 saturated heterocycles. The Morgan fingerprint density at radius 3 is 2.57 bits per heavy atom. The largest absolute Gasteiger partial charge is 0.478 e. The van der Waals surface area contributed by atoms with E-state index in [2.05, 4.69) is 5.32 Å². The van der Waals surface area contributed by atoms with E-state index in [1.807, 2.05) is 31.7 Å². The maximum Gasteiger partial charge on any atom is 0.335 e. The molecule has 0 aliphatic carbocycles. The first-order valence-electron chi connectivity index (χ1n) is 7.19. The summed E-state index contributed by atoms with van der Waals surface area (Å²) in [6, 6.07) is 5.16. The first-order chi connectivity index (χ1) is 9.80. The smallest absolute Gasteiger partial charge is 0.335 e. The number of nitrogens with zero attached hydrogens (tertiary/aromatic N) is 1. The molecule has 1 heterocycles. The molecule has 0 aromatic heterocycles. The Morgan fingerprint density at radius 2 is 1.95 bits per heavy atom. The summed E-state index contributed by atoms with van der Waals surface area (Å²) in [5, 5.41) is 12.0. The summed E-state index contributed by atoms with van der Waals surface area (Å²) in [5.74, 6) is -0.910. The van der Waals surface area contributed by atoms with E-state index in [0.29, 0.717) is 25.2 Å². The lowest BCUT2D eigenvalue weighted by atomic mass is 10.0. The molecule has 21 heavy (non-hydrogen) atoms. The van der Waals surface area contributed by atoms with Crippen molar-refractivity contribution < 1.29 is 14.7 Å². The lowest BCUT2D eigenvalue weighted by molar-refractivity contribution is -0.124. The number of carbonyl (C=O) groups is 2. The van der Waals surface area contributed by atoms with E-state index in [1.165, 1.54) is 0 Å². The fourth-order valence-electron chi connectivity index (χ4n) is 2.42. The van der Waals surface area contributed by atoms with Crippen LogP contribution in [-0.4, -0.2) is 34.0 Å². The van der Waals surface area contributed by atoms with Crippen molar-refractivity contribution in [2.45, 2.75) is 45.8 Å². The van der Waals surface area contributed by atoms with Crippen molar-refractivity contribution in [1.29, 1.82) is 0 Å². The molecule has 0 bridgehead atoms. The number of amides is 1. The van der Waals surface area contributed by atoms with Crippen molar-refractivity contribution in [2.24, 2.45) is 0 Å². The summed E-state index contributed by atoms with van der Waals surface area (Å²) in [5.41, 5.74) is 2.20. The molecule has 0 spiro atoms. The molecule has 5 heteroatoms. The number of fused-ring (bicyclic) bond motifs is 1. The molecule has 2 rings (SSSR count). The zero-order chi connectivity index (χ0) is 15.6. The highest BCUT2D eigenvalue weighted by molar-refractivity contribution is 5.88. The van der Waals surface area contributed by atoms with Crippen LogP contribution in [0, 0.1) is 0 Å². The number of hydrogen-bond acceptors (Lipinski definition) is 3. The molecule has 1 amide bonds. The van der Waals surface area contributed by atoms with Crippen LogP contribution in [0.3, 0.4) is 0 Å². The van der Waals surface area contributed by atoms with E-state index in [9.17, 15) is 9.59 Å². The minimum Gasteiger partial charge on any atom is -0.478 e. The third-order valence-electron chi connectivity index (χ3n) is 3.97. The second-order valence-corrected chi connectivity index (χ2v) is 6.22. The van der Waals surface area contributed by atoms with Crippen molar-refractivity contribution in [1.82, 2.24) is 10.2 Å². The highest BCUT2D eigenvalue weighted by atomic mass is 16.4. The van der Waals surface area contributed by atoms with Crippen LogP contribution >= 0.6 is 0 Å². The van der Waals surface area contributed by atoms with Gasteiger partial charge in [0.25, 0.3) is 0 Å². The third kappa shape index (κ3) is 3.82. The molecule has 1 aliphatic rings. The van der Waals surface area contributed by atoms with Gasteiger partial charge in [-0.25, -0.2) is 4.79 Å². The van der Waals surface area contributed by atoms with Gasteiger partial charge in [0.05, 0.1) is 12.1 Å². The first kappa shape index (κ1) is 15.5. The van der Waals surface area contributed by atoms with E-state index >= 15 is 0 Å². The van der Waals surface area contributed by atoms with Crippen LogP contribution in [0.5, 0.6) is 0 Å². The van der Waals surface area contributed by atoms with Crippen molar-refractivity contribution >= 4 is 11.9 Å². The van der Waals surface area contributed by atoms with Crippen LogP contribution in [0.2, 0.25) is 0 Å². The van der Waals surface area contributed by atoms with Gasteiger partial charge in [-0.05, 0) is 43.5 Å². The van der Waals surface area contributed by atoms with Gasteiger partial charge in [-0.2, -0.15) is 0 Å². The summed E-state index contributed by atoms with van der Waals surface area (Å²) >= 11 is 0. The highest BCUT2D eigenvalue weighted by Crippen LogP contribution is 2.23. The number of nitrogens with one attached hydrogen (secondary N) is 1. The highest BCUT2D eigenvalue weighted by Gasteiger charge is 2.24. The van der Waals surface area contributed by atoms with Crippen molar-refractivity contribution in [2.75, 3.05) is 6.54 Å². The zero-order valence-electron chi connectivity index (χ0n) is 12.8. The molecular weight excluding hydrogens is 268 g/mol. The molecule has 0 saturated carbocycles. The van der Waals surface area contributed by atoms with Crippen molar-refractivity contribution in [3.8, 4) is 0 Å². The van der Waals surface area contributed by atoms with Crippen LogP contribution in [0.15, 0.2) is 18.2 Å². The Balaban J connectivity index is 1.97. The quantitative estimate of drug-likeness (QED) is 0.870. The molecule has 2 N–H and O–H groups in total. The summed E-state index contributed by atoms with van der Waals surface area (Å²) in [7, 11) is 0. The minimum absolute atomic E-state index is 0.00751.